The molecule has 1 aromatic heterocycles. The summed E-state index contributed by atoms with van der Waals surface area (Å²) in [4.78, 5) is 12.3. The summed E-state index contributed by atoms with van der Waals surface area (Å²) < 4.78 is 46.0. The maximum atomic E-state index is 13.0. The summed E-state index contributed by atoms with van der Waals surface area (Å²) in [6.07, 6.45) is -4.22. The lowest BCUT2D eigenvalue weighted by atomic mass is 10.1. The van der Waals surface area contributed by atoms with Gasteiger partial charge in [0.05, 0.1) is 16.9 Å². The third kappa shape index (κ3) is 4.40. The number of ether oxygens (including phenoxy) is 1. The average molecular weight is 377 g/mol. The normalized spacial score (nSPS) is 12.4. The van der Waals surface area contributed by atoms with Gasteiger partial charge in [0, 0.05) is 6.07 Å². The molecular weight excluding hydrogens is 363 g/mol. The molecule has 3 aromatic rings. The molecule has 10 heteroatoms. The minimum atomic E-state index is -4.58. The molecule has 0 fully saturated rings. The van der Waals surface area contributed by atoms with Gasteiger partial charge in [-0.25, -0.2) is 4.68 Å². The van der Waals surface area contributed by atoms with Crippen molar-refractivity contribution < 1.29 is 22.7 Å². The first kappa shape index (κ1) is 18.4. The van der Waals surface area contributed by atoms with E-state index in [-0.39, 0.29) is 5.69 Å². The highest BCUT2D eigenvalue weighted by Crippen LogP contribution is 2.34. The number of alkyl halides is 3. The van der Waals surface area contributed by atoms with Crippen LogP contribution in [0.1, 0.15) is 12.5 Å². The zero-order chi connectivity index (χ0) is 19.4. The Bertz CT molecular complexity index is 928. The lowest BCUT2D eigenvalue weighted by Crippen LogP contribution is -2.31. The number of para-hydroxylation sites is 1. The highest BCUT2D eigenvalue weighted by Gasteiger charge is 2.34. The average Bonchev–Trinajstić information content (AvgIpc) is 3.16. The number of anilines is 1. The van der Waals surface area contributed by atoms with Crippen molar-refractivity contribution in [2.24, 2.45) is 0 Å². The number of carbonyl (C=O) groups is 1. The van der Waals surface area contributed by atoms with Crippen molar-refractivity contribution >= 4 is 11.6 Å². The van der Waals surface area contributed by atoms with Crippen LogP contribution in [0, 0.1) is 0 Å². The SMILES string of the molecule is C[C@@H](Oc1cccc(-n2cnnn2)c1)C(=O)Nc1ccccc1C(F)(F)F. The summed E-state index contributed by atoms with van der Waals surface area (Å²) in [6.45, 7) is 1.44. The standard InChI is InChI=1S/C17H14F3N5O2/c1-11(16(26)22-15-8-3-2-7-14(15)17(18,19)20)27-13-6-4-5-12(9-13)25-10-21-23-24-25/h2-11H,1H3,(H,22,26)/t11-/m1/s1. The summed E-state index contributed by atoms with van der Waals surface area (Å²) in [5.74, 6) is -0.366. The van der Waals surface area contributed by atoms with Gasteiger partial charge in [-0.05, 0) is 41.6 Å². The predicted molar refractivity (Wildman–Crippen MR) is 89.3 cm³/mol. The van der Waals surface area contributed by atoms with Gasteiger partial charge in [-0.15, -0.1) is 5.10 Å². The fourth-order valence-corrected chi connectivity index (χ4v) is 2.31. The summed E-state index contributed by atoms with van der Waals surface area (Å²) >= 11 is 0. The molecule has 0 saturated carbocycles. The maximum absolute atomic E-state index is 13.0. The number of aromatic nitrogens is 4. The highest BCUT2D eigenvalue weighted by molar-refractivity contribution is 5.94. The van der Waals surface area contributed by atoms with Crippen LogP contribution in [0.5, 0.6) is 5.75 Å². The smallest absolute Gasteiger partial charge is 0.418 e. The molecule has 0 bridgehead atoms. The molecule has 27 heavy (non-hydrogen) atoms. The van der Waals surface area contributed by atoms with E-state index in [1.165, 1.54) is 36.1 Å². The van der Waals surface area contributed by atoms with E-state index in [0.29, 0.717) is 11.4 Å². The number of nitrogens with one attached hydrogen (secondary N) is 1. The van der Waals surface area contributed by atoms with Crippen LogP contribution in [0.2, 0.25) is 0 Å². The topological polar surface area (TPSA) is 81.9 Å². The minimum Gasteiger partial charge on any atom is -0.481 e. The van der Waals surface area contributed by atoms with E-state index >= 15 is 0 Å². The quantitative estimate of drug-likeness (QED) is 0.739. The molecule has 1 heterocycles. The Kier molecular flexibility index (Phi) is 5.06. The van der Waals surface area contributed by atoms with Gasteiger partial charge in [0.1, 0.15) is 12.1 Å². The molecule has 0 spiro atoms. The number of halogens is 3. The fourth-order valence-electron chi connectivity index (χ4n) is 2.31. The van der Waals surface area contributed by atoms with Gasteiger partial charge in [0.25, 0.3) is 5.91 Å². The third-order valence-corrected chi connectivity index (χ3v) is 3.60. The Hall–Kier alpha value is -3.43. The molecule has 0 saturated heterocycles. The second kappa shape index (κ2) is 7.44. The molecule has 2 aromatic carbocycles. The zero-order valence-corrected chi connectivity index (χ0v) is 14.0. The van der Waals surface area contributed by atoms with Gasteiger partial charge in [-0.2, -0.15) is 13.2 Å². The van der Waals surface area contributed by atoms with E-state index in [0.717, 1.165) is 6.07 Å². The van der Waals surface area contributed by atoms with Crippen molar-refractivity contribution in [1.82, 2.24) is 20.2 Å². The lowest BCUT2D eigenvalue weighted by Gasteiger charge is -2.17. The van der Waals surface area contributed by atoms with Crippen LogP contribution in [-0.2, 0) is 11.0 Å². The van der Waals surface area contributed by atoms with Crippen LogP contribution >= 0.6 is 0 Å². The van der Waals surface area contributed by atoms with Gasteiger partial charge >= 0.3 is 6.18 Å². The lowest BCUT2D eigenvalue weighted by molar-refractivity contribution is -0.137. The van der Waals surface area contributed by atoms with Crippen LogP contribution in [0.4, 0.5) is 18.9 Å². The third-order valence-electron chi connectivity index (χ3n) is 3.60. The van der Waals surface area contributed by atoms with Crippen LogP contribution in [0.15, 0.2) is 54.9 Å². The van der Waals surface area contributed by atoms with Crippen LogP contribution in [-0.4, -0.2) is 32.2 Å². The number of rotatable bonds is 5. The summed E-state index contributed by atoms with van der Waals surface area (Å²) in [5.41, 5.74) is -0.647. The van der Waals surface area contributed by atoms with Gasteiger partial charge in [-0.1, -0.05) is 18.2 Å². The Morgan fingerprint density at radius 2 is 1.96 bits per heavy atom. The van der Waals surface area contributed by atoms with Gasteiger partial charge in [-0.3, -0.25) is 4.79 Å². The Morgan fingerprint density at radius 3 is 2.67 bits per heavy atom. The Morgan fingerprint density at radius 1 is 1.19 bits per heavy atom. The summed E-state index contributed by atoms with van der Waals surface area (Å²) in [5, 5.41) is 13.1. The number of hydrogen-bond acceptors (Lipinski definition) is 5. The highest BCUT2D eigenvalue weighted by atomic mass is 19.4. The van der Waals surface area contributed by atoms with Gasteiger partial charge in [0.15, 0.2) is 6.10 Å². The number of carbonyl (C=O) groups excluding carboxylic acids is 1. The van der Waals surface area contributed by atoms with E-state index in [9.17, 15) is 18.0 Å². The zero-order valence-electron chi connectivity index (χ0n) is 14.0. The van der Waals surface area contributed by atoms with E-state index < -0.39 is 23.8 Å². The van der Waals surface area contributed by atoms with E-state index in [4.69, 9.17) is 4.74 Å². The first-order chi connectivity index (χ1) is 12.8. The Labute approximate surface area is 151 Å². The fraction of sp³-hybridized carbons (Fsp3) is 0.176. The van der Waals surface area contributed by atoms with Gasteiger partial charge in [0.2, 0.25) is 0 Å². The molecule has 3 rings (SSSR count). The van der Waals surface area contributed by atoms with Crippen molar-refractivity contribution in [3.8, 4) is 11.4 Å². The van der Waals surface area contributed by atoms with Crippen molar-refractivity contribution in [3.63, 3.8) is 0 Å². The van der Waals surface area contributed by atoms with Crippen molar-refractivity contribution in [1.29, 1.82) is 0 Å². The van der Waals surface area contributed by atoms with Crippen molar-refractivity contribution in [2.75, 3.05) is 5.32 Å². The molecule has 0 aliphatic rings. The molecule has 1 atom stereocenters. The van der Waals surface area contributed by atoms with E-state index in [2.05, 4.69) is 20.8 Å². The molecule has 1 N–H and O–H groups in total. The molecule has 0 aliphatic heterocycles. The van der Waals surface area contributed by atoms with Gasteiger partial charge < -0.3 is 10.1 Å². The number of hydrogen-bond donors (Lipinski definition) is 1. The second-order valence-corrected chi connectivity index (χ2v) is 5.54. The first-order valence-electron chi connectivity index (χ1n) is 7.82. The van der Waals surface area contributed by atoms with E-state index in [1.54, 1.807) is 24.3 Å². The van der Waals surface area contributed by atoms with Crippen molar-refractivity contribution in [2.45, 2.75) is 19.2 Å². The minimum absolute atomic E-state index is 0.326. The molecule has 0 radical (unpaired) electrons. The van der Waals surface area contributed by atoms with Crippen LogP contribution in [0.3, 0.4) is 0 Å². The van der Waals surface area contributed by atoms with E-state index in [1.807, 2.05) is 0 Å². The van der Waals surface area contributed by atoms with Crippen molar-refractivity contribution in [3.05, 3.63) is 60.4 Å². The molecule has 1 amide bonds. The Balaban J connectivity index is 1.71. The number of nitrogens with zero attached hydrogens (tertiary/aromatic N) is 4. The monoisotopic (exact) mass is 377 g/mol. The van der Waals surface area contributed by atoms with Crippen LogP contribution in [0.25, 0.3) is 5.69 Å². The summed E-state index contributed by atoms with van der Waals surface area (Å²) in [7, 11) is 0. The molecular formula is C17H14F3N5O2. The molecule has 0 unspecified atom stereocenters. The number of benzene rings is 2. The number of amides is 1. The first-order valence-corrected chi connectivity index (χ1v) is 7.82. The van der Waals surface area contributed by atoms with Crippen LogP contribution < -0.4 is 10.1 Å². The second-order valence-electron chi connectivity index (χ2n) is 5.54. The molecule has 7 nitrogen and oxygen atoms in total. The predicted octanol–water partition coefficient (Wildman–Crippen LogP) is 3.09. The maximum Gasteiger partial charge on any atom is 0.418 e. The molecule has 0 aliphatic carbocycles. The summed E-state index contributed by atoms with van der Waals surface area (Å²) in [6, 6.07) is 11.4. The number of tetrazole rings is 1. The molecule has 140 valence electrons. The largest absolute Gasteiger partial charge is 0.481 e.